The van der Waals surface area contributed by atoms with Gasteiger partial charge in [0.15, 0.2) is 0 Å². The number of hydrogen-bond donors (Lipinski definition) is 0. The first-order valence-corrected chi connectivity index (χ1v) is 5.03. The van der Waals surface area contributed by atoms with E-state index in [9.17, 15) is 0 Å². The normalized spacial score (nSPS) is 17.3. The molecule has 0 saturated heterocycles. The minimum absolute atomic E-state index is 1.05. The molecule has 1 heteroatoms. The number of likely N-dealkylation sites (N-methyl/N-ethyl adjacent to an activating group) is 1. The Hall–Kier alpha value is -1.24. The predicted octanol–water partition coefficient (Wildman–Crippen LogP) is 3.28. The van der Waals surface area contributed by atoms with Gasteiger partial charge in [-0.3, -0.25) is 0 Å². The summed E-state index contributed by atoms with van der Waals surface area (Å²) >= 11 is 0. The van der Waals surface area contributed by atoms with Crippen molar-refractivity contribution in [3.8, 4) is 0 Å². The first kappa shape index (κ1) is 10.8. The Labute approximate surface area is 87.1 Å². The van der Waals surface area contributed by atoms with Gasteiger partial charge >= 0.3 is 0 Å². The van der Waals surface area contributed by atoms with Gasteiger partial charge in [0.1, 0.15) is 0 Å². The molecule has 0 unspecified atom stereocenters. The monoisotopic (exact) mass is 189 g/mol. The van der Waals surface area contributed by atoms with Crippen LogP contribution in [0.3, 0.4) is 0 Å². The van der Waals surface area contributed by atoms with Gasteiger partial charge in [0.2, 0.25) is 0 Å². The maximum atomic E-state index is 2.28. The van der Waals surface area contributed by atoms with E-state index in [1.165, 1.54) is 16.8 Å². The van der Waals surface area contributed by atoms with Crippen molar-refractivity contribution in [2.75, 3.05) is 14.1 Å². The van der Waals surface area contributed by atoms with Crippen molar-refractivity contribution in [3.63, 3.8) is 0 Å². The molecule has 1 rings (SSSR count). The predicted molar refractivity (Wildman–Crippen MR) is 63.0 cm³/mol. The highest BCUT2D eigenvalue weighted by Crippen LogP contribution is 2.20. The second-order valence-electron chi connectivity index (χ2n) is 3.82. The Morgan fingerprint density at radius 1 is 1.29 bits per heavy atom. The molecule has 0 amide bonds. The van der Waals surface area contributed by atoms with Crippen molar-refractivity contribution < 1.29 is 0 Å². The molecule has 0 saturated carbocycles. The van der Waals surface area contributed by atoms with E-state index in [1.54, 1.807) is 0 Å². The zero-order valence-electron chi connectivity index (χ0n) is 9.54. The molecule has 0 bridgehead atoms. The van der Waals surface area contributed by atoms with E-state index < -0.39 is 0 Å². The standard InChI is InChI=1S/C13H19N/c1-5-6-12-9-7-11(2)8-10-13(12)14(3)4/h5-6,8-10H,7H2,1-4H3/b6-5-. The zero-order valence-corrected chi connectivity index (χ0v) is 9.54. The molecule has 0 aromatic carbocycles. The van der Waals surface area contributed by atoms with E-state index in [-0.39, 0.29) is 0 Å². The molecule has 0 spiro atoms. The van der Waals surface area contributed by atoms with Gasteiger partial charge in [-0.2, -0.15) is 0 Å². The largest absolute Gasteiger partial charge is 0.377 e. The minimum Gasteiger partial charge on any atom is -0.377 e. The van der Waals surface area contributed by atoms with Crippen molar-refractivity contribution >= 4 is 0 Å². The number of allylic oxidation sites excluding steroid dienone is 6. The lowest BCUT2D eigenvalue weighted by Crippen LogP contribution is -2.11. The Kier molecular flexibility index (Phi) is 3.75. The maximum Gasteiger partial charge on any atom is 0.0431 e. The van der Waals surface area contributed by atoms with Gasteiger partial charge < -0.3 is 4.90 Å². The zero-order chi connectivity index (χ0) is 10.6. The summed E-state index contributed by atoms with van der Waals surface area (Å²) in [6.45, 7) is 4.22. The van der Waals surface area contributed by atoms with Gasteiger partial charge in [0, 0.05) is 19.8 Å². The molecule has 1 aliphatic carbocycles. The average Bonchev–Trinajstić information content (AvgIpc) is 2.29. The summed E-state index contributed by atoms with van der Waals surface area (Å²) in [6.07, 6.45) is 12.0. The summed E-state index contributed by atoms with van der Waals surface area (Å²) < 4.78 is 0. The van der Waals surface area contributed by atoms with Crippen LogP contribution in [0.1, 0.15) is 20.3 Å². The summed E-state index contributed by atoms with van der Waals surface area (Å²) in [5, 5.41) is 0. The van der Waals surface area contributed by atoms with Crippen LogP contribution in [0.2, 0.25) is 0 Å². The first-order valence-electron chi connectivity index (χ1n) is 5.03. The third kappa shape index (κ3) is 2.63. The molecular formula is C13H19N. The van der Waals surface area contributed by atoms with Gasteiger partial charge in [-0.15, -0.1) is 0 Å². The number of rotatable bonds is 2. The molecular weight excluding hydrogens is 170 g/mol. The van der Waals surface area contributed by atoms with Crippen molar-refractivity contribution in [1.82, 2.24) is 4.90 Å². The fourth-order valence-corrected chi connectivity index (χ4v) is 1.50. The van der Waals surface area contributed by atoms with Crippen LogP contribution in [-0.4, -0.2) is 19.0 Å². The van der Waals surface area contributed by atoms with Gasteiger partial charge in [-0.25, -0.2) is 0 Å². The molecule has 1 nitrogen and oxygen atoms in total. The van der Waals surface area contributed by atoms with Crippen LogP contribution >= 0.6 is 0 Å². The molecule has 0 radical (unpaired) electrons. The van der Waals surface area contributed by atoms with E-state index in [0.29, 0.717) is 0 Å². The lowest BCUT2D eigenvalue weighted by Gasteiger charge is -2.17. The van der Waals surface area contributed by atoms with Crippen molar-refractivity contribution in [1.29, 1.82) is 0 Å². The lowest BCUT2D eigenvalue weighted by atomic mass is 10.1. The molecule has 0 N–H and O–H groups in total. The van der Waals surface area contributed by atoms with Crippen molar-refractivity contribution in [2.24, 2.45) is 0 Å². The molecule has 0 aliphatic heterocycles. The second kappa shape index (κ2) is 4.85. The molecule has 14 heavy (non-hydrogen) atoms. The lowest BCUT2D eigenvalue weighted by molar-refractivity contribution is 0.524. The van der Waals surface area contributed by atoms with E-state index in [0.717, 1.165) is 6.42 Å². The summed E-state index contributed by atoms with van der Waals surface area (Å²) in [5.74, 6) is 0. The van der Waals surface area contributed by atoms with E-state index in [2.05, 4.69) is 63.2 Å². The van der Waals surface area contributed by atoms with Gasteiger partial charge in [-0.05, 0) is 31.9 Å². The summed E-state index contributed by atoms with van der Waals surface area (Å²) in [6, 6.07) is 0. The van der Waals surface area contributed by atoms with E-state index in [4.69, 9.17) is 0 Å². The Balaban J connectivity index is 3.04. The van der Waals surface area contributed by atoms with Crippen LogP contribution in [0, 0.1) is 0 Å². The molecule has 0 heterocycles. The highest BCUT2D eigenvalue weighted by atomic mass is 15.1. The van der Waals surface area contributed by atoms with Crippen LogP contribution < -0.4 is 0 Å². The molecule has 76 valence electrons. The van der Waals surface area contributed by atoms with E-state index >= 15 is 0 Å². The Morgan fingerprint density at radius 2 is 2.00 bits per heavy atom. The highest BCUT2D eigenvalue weighted by molar-refractivity contribution is 5.43. The quantitative estimate of drug-likeness (QED) is 0.644. The van der Waals surface area contributed by atoms with Crippen LogP contribution in [0.4, 0.5) is 0 Å². The van der Waals surface area contributed by atoms with Crippen LogP contribution in [0.15, 0.2) is 47.2 Å². The fourth-order valence-electron chi connectivity index (χ4n) is 1.50. The Morgan fingerprint density at radius 3 is 2.57 bits per heavy atom. The van der Waals surface area contributed by atoms with Gasteiger partial charge in [0.05, 0.1) is 0 Å². The minimum atomic E-state index is 1.05. The first-order chi connectivity index (χ1) is 6.65. The Bertz CT molecular complexity index is 314. The number of hydrogen-bond acceptors (Lipinski definition) is 1. The third-order valence-corrected chi connectivity index (χ3v) is 2.29. The van der Waals surface area contributed by atoms with Gasteiger partial charge in [0.25, 0.3) is 0 Å². The molecule has 1 aliphatic rings. The van der Waals surface area contributed by atoms with Crippen molar-refractivity contribution in [3.05, 3.63) is 47.2 Å². The SMILES string of the molecule is C/C=C\C1=CCC(C)=CC=C1N(C)C. The smallest absolute Gasteiger partial charge is 0.0431 e. The molecule has 0 aromatic rings. The van der Waals surface area contributed by atoms with Gasteiger partial charge in [-0.1, -0.05) is 29.9 Å². The van der Waals surface area contributed by atoms with E-state index in [1.807, 2.05) is 0 Å². The number of nitrogens with zero attached hydrogens (tertiary/aromatic N) is 1. The summed E-state index contributed by atoms with van der Waals surface area (Å²) in [7, 11) is 4.16. The second-order valence-corrected chi connectivity index (χ2v) is 3.82. The molecule has 0 atom stereocenters. The topological polar surface area (TPSA) is 3.24 Å². The summed E-state index contributed by atoms with van der Waals surface area (Å²) in [4.78, 5) is 2.15. The van der Waals surface area contributed by atoms with Crippen LogP contribution in [0.25, 0.3) is 0 Å². The molecule has 0 aromatic heterocycles. The average molecular weight is 189 g/mol. The van der Waals surface area contributed by atoms with Crippen LogP contribution in [0.5, 0.6) is 0 Å². The summed E-state index contributed by atoms with van der Waals surface area (Å²) in [5.41, 5.74) is 3.99. The van der Waals surface area contributed by atoms with Crippen LogP contribution in [-0.2, 0) is 0 Å². The van der Waals surface area contributed by atoms with Crippen molar-refractivity contribution in [2.45, 2.75) is 20.3 Å². The fraction of sp³-hybridized carbons (Fsp3) is 0.385. The highest BCUT2D eigenvalue weighted by Gasteiger charge is 2.05. The maximum absolute atomic E-state index is 2.28. The third-order valence-electron chi connectivity index (χ3n) is 2.29. The molecule has 0 fully saturated rings.